The fourth-order valence-corrected chi connectivity index (χ4v) is 2.42. The predicted octanol–water partition coefficient (Wildman–Crippen LogP) is 2.88. The van der Waals surface area contributed by atoms with Crippen molar-refractivity contribution in [2.75, 3.05) is 19.6 Å². The zero-order valence-corrected chi connectivity index (χ0v) is 9.87. The quantitative estimate of drug-likeness (QED) is 0.730. The average Bonchev–Trinajstić information content (AvgIpc) is 2.69. The number of hydrogen-bond donors (Lipinski definition) is 0. The van der Waals surface area contributed by atoms with E-state index in [1.54, 1.807) is 0 Å². The summed E-state index contributed by atoms with van der Waals surface area (Å²) in [5.74, 6) is 0.882. The first-order valence-corrected chi connectivity index (χ1v) is 6.06. The van der Waals surface area contributed by atoms with Gasteiger partial charge in [-0.25, -0.2) is 0 Å². The molecule has 1 fully saturated rings. The molecule has 0 saturated carbocycles. The van der Waals surface area contributed by atoms with E-state index in [-0.39, 0.29) is 0 Å². The molecule has 0 aliphatic carbocycles. The highest BCUT2D eigenvalue weighted by Gasteiger charge is 2.20. The summed E-state index contributed by atoms with van der Waals surface area (Å²) in [6, 6.07) is 9.01. The first-order chi connectivity index (χ1) is 7.28. The van der Waals surface area contributed by atoms with Gasteiger partial charge < -0.3 is 4.90 Å². The van der Waals surface area contributed by atoms with Crippen LogP contribution in [0.15, 0.2) is 24.3 Å². The minimum atomic E-state index is 0.882. The van der Waals surface area contributed by atoms with Crippen LogP contribution >= 0.6 is 0 Å². The minimum Gasteiger partial charge on any atom is -0.303 e. The lowest BCUT2D eigenvalue weighted by molar-refractivity contribution is 0.342. The lowest BCUT2D eigenvalue weighted by Gasteiger charge is -2.13. The molecule has 0 aromatic heterocycles. The number of benzene rings is 1. The zero-order valence-electron chi connectivity index (χ0n) is 9.87. The van der Waals surface area contributed by atoms with Crippen LogP contribution in [-0.2, 0) is 6.42 Å². The van der Waals surface area contributed by atoms with Crippen LogP contribution < -0.4 is 0 Å². The van der Waals surface area contributed by atoms with E-state index in [1.807, 2.05) is 0 Å². The van der Waals surface area contributed by atoms with E-state index >= 15 is 0 Å². The average molecular weight is 203 g/mol. The molecule has 1 nitrogen and oxygen atoms in total. The molecule has 2 rings (SSSR count). The van der Waals surface area contributed by atoms with Crippen LogP contribution in [-0.4, -0.2) is 24.5 Å². The Morgan fingerprint density at radius 1 is 1.27 bits per heavy atom. The molecule has 1 atom stereocenters. The summed E-state index contributed by atoms with van der Waals surface area (Å²) in [7, 11) is 0. The molecule has 1 heteroatoms. The first-order valence-electron chi connectivity index (χ1n) is 6.06. The summed E-state index contributed by atoms with van der Waals surface area (Å²) in [5, 5.41) is 0. The monoisotopic (exact) mass is 203 g/mol. The molecular formula is C14H21N. The molecule has 0 amide bonds. The second-order valence-corrected chi connectivity index (χ2v) is 4.74. The highest BCUT2D eigenvalue weighted by atomic mass is 15.1. The lowest BCUT2D eigenvalue weighted by Crippen LogP contribution is -2.20. The maximum absolute atomic E-state index is 2.55. The molecule has 0 N–H and O–H groups in total. The molecule has 1 aliphatic rings. The standard InChI is InChI=1S/C14H21N/c1-3-15-9-8-14(11-15)10-13-6-4-12(2)5-7-13/h4-7,14H,3,8-11H2,1-2H3. The number of nitrogens with zero attached hydrogens (tertiary/aromatic N) is 1. The Morgan fingerprint density at radius 3 is 2.60 bits per heavy atom. The first kappa shape index (κ1) is 10.7. The van der Waals surface area contributed by atoms with Crippen molar-refractivity contribution >= 4 is 0 Å². The van der Waals surface area contributed by atoms with Crippen molar-refractivity contribution in [1.29, 1.82) is 0 Å². The van der Waals surface area contributed by atoms with Crippen molar-refractivity contribution in [3.8, 4) is 0 Å². The van der Waals surface area contributed by atoms with E-state index in [9.17, 15) is 0 Å². The van der Waals surface area contributed by atoms with E-state index in [0.29, 0.717) is 0 Å². The molecule has 0 bridgehead atoms. The summed E-state index contributed by atoms with van der Waals surface area (Å²) in [6.45, 7) is 8.22. The van der Waals surface area contributed by atoms with Gasteiger partial charge in [0.2, 0.25) is 0 Å². The van der Waals surface area contributed by atoms with Crippen LogP contribution in [0.4, 0.5) is 0 Å². The normalized spacial score (nSPS) is 22.1. The Labute approximate surface area is 93.1 Å². The third-order valence-corrected chi connectivity index (χ3v) is 3.46. The van der Waals surface area contributed by atoms with Crippen molar-refractivity contribution in [2.45, 2.75) is 26.7 Å². The Balaban J connectivity index is 1.90. The van der Waals surface area contributed by atoms with Crippen LogP contribution in [0.1, 0.15) is 24.5 Å². The Hall–Kier alpha value is -0.820. The maximum atomic E-state index is 2.55. The van der Waals surface area contributed by atoms with Gasteiger partial charge in [0.1, 0.15) is 0 Å². The van der Waals surface area contributed by atoms with E-state index in [4.69, 9.17) is 0 Å². The van der Waals surface area contributed by atoms with Crippen LogP contribution in [0.5, 0.6) is 0 Å². The Kier molecular flexibility index (Phi) is 3.42. The molecule has 1 saturated heterocycles. The van der Waals surface area contributed by atoms with Gasteiger partial charge in [-0.05, 0) is 44.3 Å². The fourth-order valence-electron chi connectivity index (χ4n) is 2.42. The molecule has 0 spiro atoms. The van der Waals surface area contributed by atoms with E-state index in [1.165, 1.54) is 43.6 Å². The zero-order chi connectivity index (χ0) is 10.7. The molecule has 1 heterocycles. The smallest absolute Gasteiger partial charge is 0.00132 e. The van der Waals surface area contributed by atoms with Crippen LogP contribution in [0, 0.1) is 12.8 Å². The Bertz CT molecular complexity index is 302. The van der Waals surface area contributed by atoms with Crippen molar-refractivity contribution < 1.29 is 0 Å². The highest BCUT2D eigenvalue weighted by molar-refractivity contribution is 5.21. The summed E-state index contributed by atoms with van der Waals surface area (Å²) >= 11 is 0. The minimum absolute atomic E-state index is 0.882. The molecular weight excluding hydrogens is 182 g/mol. The van der Waals surface area contributed by atoms with Crippen molar-refractivity contribution in [1.82, 2.24) is 4.90 Å². The maximum Gasteiger partial charge on any atom is 0.00132 e. The van der Waals surface area contributed by atoms with Gasteiger partial charge in [0.25, 0.3) is 0 Å². The van der Waals surface area contributed by atoms with E-state index in [2.05, 4.69) is 43.0 Å². The van der Waals surface area contributed by atoms with Crippen molar-refractivity contribution in [2.24, 2.45) is 5.92 Å². The molecule has 1 aromatic rings. The van der Waals surface area contributed by atoms with Gasteiger partial charge in [-0.3, -0.25) is 0 Å². The summed E-state index contributed by atoms with van der Waals surface area (Å²) in [5.41, 5.74) is 2.86. The molecule has 82 valence electrons. The van der Waals surface area contributed by atoms with Crippen molar-refractivity contribution in [3.63, 3.8) is 0 Å². The van der Waals surface area contributed by atoms with Crippen LogP contribution in [0.25, 0.3) is 0 Å². The molecule has 15 heavy (non-hydrogen) atoms. The fraction of sp³-hybridized carbons (Fsp3) is 0.571. The number of rotatable bonds is 3. The summed E-state index contributed by atoms with van der Waals surface area (Å²) in [4.78, 5) is 2.55. The van der Waals surface area contributed by atoms with Gasteiger partial charge in [0, 0.05) is 6.54 Å². The topological polar surface area (TPSA) is 3.24 Å². The summed E-state index contributed by atoms with van der Waals surface area (Å²) < 4.78 is 0. The third-order valence-electron chi connectivity index (χ3n) is 3.46. The lowest BCUT2D eigenvalue weighted by atomic mass is 9.98. The van der Waals surface area contributed by atoms with Gasteiger partial charge in [0.15, 0.2) is 0 Å². The van der Waals surface area contributed by atoms with Gasteiger partial charge >= 0.3 is 0 Å². The van der Waals surface area contributed by atoms with Gasteiger partial charge in [-0.2, -0.15) is 0 Å². The SMILES string of the molecule is CCN1CCC(Cc2ccc(C)cc2)C1. The van der Waals surface area contributed by atoms with Crippen LogP contribution in [0.3, 0.4) is 0 Å². The Morgan fingerprint density at radius 2 is 2.00 bits per heavy atom. The largest absolute Gasteiger partial charge is 0.303 e. The second kappa shape index (κ2) is 4.80. The second-order valence-electron chi connectivity index (χ2n) is 4.74. The number of hydrogen-bond acceptors (Lipinski definition) is 1. The van der Waals surface area contributed by atoms with E-state index < -0.39 is 0 Å². The van der Waals surface area contributed by atoms with Gasteiger partial charge in [-0.1, -0.05) is 36.8 Å². The molecule has 1 unspecified atom stereocenters. The summed E-state index contributed by atoms with van der Waals surface area (Å²) in [6.07, 6.45) is 2.64. The van der Waals surface area contributed by atoms with Gasteiger partial charge in [0.05, 0.1) is 0 Å². The van der Waals surface area contributed by atoms with Crippen LogP contribution in [0.2, 0.25) is 0 Å². The van der Waals surface area contributed by atoms with Crippen molar-refractivity contribution in [3.05, 3.63) is 35.4 Å². The predicted molar refractivity (Wildman–Crippen MR) is 65.1 cm³/mol. The van der Waals surface area contributed by atoms with Gasteiger partial charge in [-0.15, -0.1) is 0 Å². The molecule has 0 radical (unpaired) electrons. The molecule has 1 aliphatic heterocycles. The number of likely N-dealkylation sites (tertiary alicyclic amines) is 1. The van der Waals surface area contributed by atoms with E-state index in [0.717, 1.165) is 5.92 Å². The number of aryl methyl sites for hydroxylation is 1. The highest BCUT2D eigenvalue weighted by Crippen LogP contribution is 2.20. The molecule has 1 aromatic carbocycles. The third kappa shape index (κ3) is 2.82.